The molecule has 7 heteroatoms. The van der Waals surface area contributed by atoms with Crippen molar-refractivity contribution in [1.82, 2.24) is 0 Å². The zero-order valence-corrected chi connectivity index (χ0v) is 11.2. The van der Waals surface area contributed by atoms with E-state index in [1.54, 1.807) is 4.90 Å². The van der Waals surface area contributed by atoms with Gasteiger partial charge in [0.25, 0.3) is 5.69 Å². The topological polar surface area (TPSA) is 72.7 Å². The summed E-state index contributed by atoms with van der Waals surface area (Å²) in [7, 11) is 1.32. The standard InChI is InChI=1S/C13H15FN2O4/c1-8-6-15(7-10(8)13(17)20-2)11-4-3-9(14)5-12(11)16(18)19/h3-5,8,10H,6-7H2,1-2H3. The Kier molecular flexibility index (Phi) is 3.87. The summed E-state index contributed by atoms with van der Waals surface area (Å²) in [4.78, 5) is 23.7. The molecule has 1 saturated heterocycles. The second-order valence-corrected chi connectivity index (χ2v) is 4.90. The molecule has 2 rings (SSSR count). The molecule has 6 nitrogen and oxygen atoms in total. The van der Waals surface area contributed by atoms with Crippen LogP contribution in [-0.2, 0) is 9.53 Å². The first-order valence-electron chi connectivity index (χ1n) is 6.20. The van der Waals surface area contributed by atoms with E-state index < -0.39 is 10.7 Å². The Morgan fingerprint density at radius 1 is 1.50 bits per heavy atom. The van der Waals surface area contributed by atoms with Crippen LogP contribution in [0, 0.1) is 27.8 Å². The fraction of sp³-hybridized carbons (Fsp3) is 0.462. The maximum atomic E-state index is 13.1. The minimum Gasteiger partial charge on any atom is -0.469 e. The molecule has 1 aromatic rings. The molecule has 1 fully saturated rings. The number of anilines is 1. The van der Waals surface area contributed by atoms with Gasteiger partial charge in [-0.3, -0.25) is 14.9 Å². The normalized spacial score (nSPS) is 21.9. The Balaban J connectivity index is 2.30. The van der Waals surface area contributed by atoms with Gasteiger partial charge in [-0.2, -0.15) is 0 Å². The molecular formula is C13H15FN2O4. The summed E-state index contributed by atoms with van der Waals surface area (Å²) in [6, 6.07) is 3.45. The van der Waals surface area contributed by atoms with Gasteiger partial charge in [-0.25, -0.2) is 4.39 Å². The first kappa shape index (κ1) is 14.2. The molecule has 1 aliphatic rings. The van der Waals surface area contributed by atoms with Gasteiger partial charge in [0.1, 0.15) is 11.5 Å². The van der Waals surface area contributed by atoms with Gasteiger partial charge in [0.05, 0.1) is 24.0 Å². The lowest BCUT2D eigenvalue weighted by atomic mass is 9.99. The van der Waals surface area contributed by atoms with Crippen LogP contribution in [0.25, 0.3) is 0 Å². The molecule has 0 aromatic heterocycles. The number of nitrogens with zero attached hydrogens (tertiary/aromatic N) is 2. The van der Waals surface area contributed by atoms with Crippen LogP contribution in [0.2, 0.25) is 0 Å². The minimum atomic E-state index is -0.655. The predicted octanol–water partition coefficient (Wildman–Crippen LogP) is 1.98. The highest BCUT2D eigenvalue weighted by atomic mass is 19.1. The van der Waals surface area contributed by atoms with Crippen molar-refractivity contribution in [3.05, 3.63) is 34.1 Å². The highest BCUT2D eigenvalue weighted by Gasteiger charge is 2.37. The van der Waals surface area contributed by atoms with Gasteiger partial charge in [-0.15, -0.1) is 0 Å². The largest absolute Gasteiger partial charge is 0.469 e. The summed E-state index contributed by atoms with van der Waals surface area (Å²) in [5.41, 5.74) is 0.0392. The van der Waals surface area contributed by atoms with Crippen molar-refractivity contribution in [2.45, 2.75) is 6.92 Å². The van der Waals surface area contributed by atoms with Gasteiger partial charge in [-0.1, -0.05) is 6.92 Å². The lowest BCUT2D eigenvalue weighted by Crippen LogP contribution is -2.24. The molecule has 0 aliphatic carbocycles. The molecule has 1 aliphatic heterocycles. The number of nitro benzene ring substituents is 1. The molecule has 108 valence electrons. The summed E-state index contributed by atoms with van der Waals surface area (Å²) in [6.45, 7) is 2.71. The molecule has 20 heavy (non-hydrogen) atoms. The number of carbonyl (C=O) groups excluding carboxylic acids is 1. The van der Waals surface area contributed by atoms with E-state index in [4.69, 9.17) is 4.74 Å². The molecule has 0 radical (unpaired) electrons. The van der Waals surface area contributed by atoms with Gasteiger partial charge >= 0.3 is 5.97 Å². The van der Waals surface area contributed by atoms with E-state index in [1.165, 1.54) is 19.2 Å². The van der Waals surface area contributed by atoms with E-state index in [9.17, 15) is 19.3 Å². The van der Waals surface area contributed by atoms with Crippen molar-refractivity contribution in [1.29, 1.82) is 0 Å². The van der Waals surface area contributed by atoms with E-state index in [-0.39, 0.29) is 23.5 Å². The quantitative estimate of drug-likeness (QED) is 0.481. The summed E-state index contributed by atoms with van der Waals surface area (Å²) in [5.74, 6) is -1.29. The zero-order valence-electron chi connectivity index (χ0n) is 11.2. The SMILES string of the molecule is COC(=O)C1CN(c2ccc(F)cc2[N+](=O)[O-])CC1C. The van der Waals surface area contributed by atoms with E-state index in [1.807, 2.05) is 6.92 Å². The third-order valence-electron chi connectivity index (χ3n) is 3.59. The van der Waals surface area contributed by atoms with Crippen LogP contribution in [-0.4, -0.2) is 31.1 Å². The Morgan fingerprint density at radius 2 is 2.20 bits per heavy atom. The molecular weight excluding hydrogens is 267 g/mol. The van der Waals surface area contributed by atoms with Crippen molar-refractivity contribution < 1.29 is 18.8 Å². The number of ether oxygens (including phenoxy) is 1. The van der Waals surface area contributed by atoms with Crippen molar-refractivity contribution >= 4 is 17.3 Å². The van der Waals surface area contributed by atoms with Gasteiger partial charge < -0.3 is 9.64 Å². The molecule has 1 aromatic carbocycles. The summed E-state index contributed by atoms with van der Waals surface area (Å²) in [5, 5.41) is 11.0. The van der Waals surface area contributed by atoms with Gasteiger partial charge in [-0.05, 0) is 18.1 Å². The predicted molar refractivity (Wildman–Crippen MR) is 69.9 cm³/mol. The molecule has 0 N–H and O–H groups in total. The number of hydrogen-bond donors (Lipinski definition) is 0. The number of methoxy groups -OCH3 is 1. The first-order valence-corrected chi connectivity index (χ1v) is 6.20. The van der Waals surface area contributed by atoms with Crippen LogP contribution in [0.1, 0.15) is 6.92 Å². The zero-order chi connectivity index (χ0) is 14.9. The Bertz CT molecular complexity index is 549. The minimum absolute atomic E-state index is 0.0205. The average molecular weight is 282 g/mol. The van der Waals surface area contributed by atoms with Gasteiger partial charge in [0, 0.05) is 13.1 Å². The maximum Gasteiger partial charge on any atom is 0.310 e. The molecule has 2 atom stereocenters. The van der Waals surface area contributed by atoms with Crippen LogP contribution >= 0.6 is 0 Å². The maximum absolute atomic E-state index is 13.1. The average Bonchev–Trinajstić information content (AvgIpc) is 2.79. The fourth-order valence-corrected chi connectivity index (χ4v) is 2.53. The second kappa shape index (κ2) is 5.44. The van der Waals surface area contributed by atoms with Crippen molar-refractivity contribution in [3.63, 3.8) is 0 Å². The van der Waals surface area contributed by atoms with Crippen LogP contribution in [0.4, 0.5) is 15.8 Å². The number of nitro groups is 1. The van der Waals surface area contributed by atoms with Gasteiger partial charge in [0.15, 0.2) is 0 Å². The molecule has 0 saturated carbocycles. The Labute approximate surface area is 115 Å². The van der Waals surface area contributed by atoms with E-state index in [2.05, 4.69) is 0 Å². The van der Waals surface area contributed by atoms with Crippen LogP contribution in [0.3, 0.4) is 0 Å². The third kappa shape index (κ3) is 2.56. The van der Waals surface area contributed by atoms with E-state index in [0.717, 1.165) is 6.07 Å². The summed E-state index contributed by atoms with van der Waals surface area (Å²) >= 11 is 0. The van der Waals surface area contributed by atoms with Crippen LogP contribution in [0.15, 0.2) is 18.2 Å². The molecule has 1 heterocycles. The molecule has 0 spiro atoms. The number of carbonyl (C=O) groups is 1. The third-order valence-corrected chi connectivity index (χ3v) is 3.59. The monoisotopic (exact) mass is 282 g/mol. The van der Waals surface area contributed by atoms with Crippen LogP contribution < -0.4 is 4.90 Å². The lowest BCUT2D eigenvalue weighted by Gasteiger charge is -2.18. The summed E-state index contributed by atoms with van der Waals surface area (Å²) in [6.07, 6.45) is 0. The first-order chi connectivity index (χ1) is 9.43. The number of rotatable bonds is 3. The van der Waals surface area contributed by atoms with Gasteiger partial charge in [0.2, 0.25) is 0 Å². The Hall–Kier alpha value is -2.18. The molecule has 0 amide bonds. The molecule has 2 unspecified atom stereocenters. The highest BCUT2D eigenvalue weighted by molar-refractivity contribution is 5.75. The smallest absolute Gasteiger partial charge is 0.310 e. The fourth-order valence-electron chi connectivity index (χ4n) is 2.53. The lowest BCUT2D eigenvalue weighted by molar-refractivity contribution is -0.384. The van der Waals surface area contributed by atoms with Crippen molar-refractivity contribution in [2.24, 2.45) is 11.8 Å². The van der Waals surface area contributed by atoms with Crippen molar-refractivity contribution in [3.8, 4) is 0 Å². The van der Waals surface area contributed by atoms with E-state index in [0.29, 0.717) is 18.8 Å². The number of benzene rings is 1. The Morgan fingerprint density at radius 3 is 2.80 bits per heavy atom. The van der Waals surface area contributed by atoms with Crippen molar-refractivity contribution in [2.75, 3.05) is 25.1 Å². The molecule has 0 bridgehead atoms. The van der Waals surface area contributed by atoms with Crippen LogP contribution in [0.5, 0.6) is 0 Å². The number of hydrogen-bond acceptors (Lipinski definition) is 5. The second-order valence-electron chi connectivity index (χ2n) is 4.90. The number of halogens is 1. The number of esters is 1. The summed E-state index contributed by atoms with van der Waals surface area (Å²) < 4.78 is 17.9. The highest BCUT2D eigenvalue weighted by Crippen LogP contribution is 2.35. The van der Waals surface area contributed by atoms with E-state index >= 15 is 0 Å².